The molecule has 0 spiro atoms. The van der Waals surface area contributed by atoms with Crippen LogP contribution in [0.3, 0.4) is 0 Å². The number of carbonyl (C=O) groups excluding carboxylic acids is 1. The molecule has 0 aromatic carbocycles. The van der Waals surface area contributed by atoms with Crippen LogP contribution in [0, 0.1) is 0 Å². The van der Waals surface area contributed by atoms with E-state index in [4.69, 9.17) is 0 Å². The summed E-state index contributed by atoms with van der Waals surface area (Å²) in [5, 5.41) is 9.07. The van der Waals surface area contributed by atoms with Crippen molar-refractivity contribution < 1.29 is 4.79 Å². The Balaban J connectivity index is 2.09. The Morgan fingerprint density at radius 1 is 1.56 bits per heavy atom. The van der Waals surface area contributed by atoms with E-state index in [1.807, 2.05) is 5.38 Å². The highest BCUT2D eigenvalue weighted by Gasteiger charge is 2.16. The minimum Gasteiger partial charge on any atom is -0.296 e. The summed E-state index contributed by atoms with van der Waals surface area (Å²) < 4.78 is 3.08. The van der Waals surface area contributed by atoms with Crippen LogP contribution in [0.1, 0.15) is 10.5 Å². The van der Waals surface area contributed by atoms with Gasteiger partial charge in [-0.15, -0.1) is 16.4 Å². The van der Waals surface area contributed by atoms with Gasteiger partial charge in [0.25, 0.3) is 0 Å². The number of nitrogens with zero attached hydrogens (tertiary/aromatic N) is 4. The molecular formula is C9H7N5O2S2. The predicted molar refractivity (Wildman–Crippen MR) is 66.4 cm³/mol. The number of aromatic nitrogens is 5. The summed E-state index contributed by atoms with van der Waals surface area (Å²) in [5.41, 5.74) is 0.165. The van der Waals surface area contributed by atoms with Crippen molar-refractivity contribution in [2.45, 2.75) is 10.2 Å². The molecule has 0 fully saturated rings. The topological polar surface area (TPSA) is 85.0 Å². The first-order valence-corrected chi connectivity index (χ1v) is 6.60. The number of aldehydes is 1. The summed E-state index contributed by atoms with van der Waals surface area (Å²) in [6.45, 7) is 0. The zero-order valence-electron chi connectivity index (χ0n) is 9.15. The van der Waals surface area contributed by atoms with Crippen LogP contribution >= 0.6 is 23.1 Å². The Kier molecular flexibility index (Phi) is 2.56. The molecule has 7 nitrogen and oxygen atoms in total. The number of rotatable bonds is 3. The number of nitrogens with one attached hydrogen (secondary N) is 1. The van der Waals surface area contributed by atoms with Crippen molar-refractivity contribution in [1.29, 1.82) is 0 Å². The van der Waals surface area contributed by atoms with Crippen molar-refractivity contribution >= 4 is 34.3 Å². The maximum atomic E-state index is 11.2. The molecule has 0 aliphatic heterocycles. The first kappa shape index (κ1) is 11.2. The van der Waals surface area contributed by atoms with Crippen LogP contribution < -0.4 is 5.69 Å². The molecule has 3 rings (SSSR count). The lowest BCUT2D eigenvalue weighted by Gasteiger charge is -1.96. The number of carbonyl (C=O) groups is 1. The normalized spacial score (nSPS) is 11.2. The molecule has 3 aromatic rings. The van der Waals surface area contributed by atoms with E-state index in [9.17, 15) is 9.59 Å². The van der Waals surface area contributed by atoms with Gasteiger partial charge in [0, 0.05) is 18.6 Å². The van der Waals surface area contributed by atoms with Crippen LogP contribution in [-0.2, 0) is 7.05 Å². The number of fused-ring (bicyclic) bond motifs is 1. The van der Waals surface area contributed by atoms with Crippen molar-refractivity contribution in [3.8, 4) is 0 Å². The summed E-state index contributed by atoms with van der Waals surface area (Å²) in [7, 11) is 1.60. The highest BCUT2D eigenvalue weighted by atomic mass is 32.2. The number of imidazole rings is 1. The quantitative estimate of drug-likeness (QED) is 0.717. The highest BCUT2D eigenvalue weighted by Crippen LogP contribution is 2.28. The molecular weight excluding hydrogens is 274 g/mol. The van der Waals surface area contributed by atoms with E-state index in [2.05, 4.69) is 15.2 Å². The van der Waals surface area contributed by atoms with Gasteiger partial charge < -0.3 is 0 Å². The van der Waals surface area contributed by atoms with Gasteiger partial charge in [-0.05, 0) is 11.8 Å². The van der Waals surface area contributed by atoms with E-state index in [-0.39, 0.29) is 5.69 Å². The Morgan fingerprint density at radius 2 is 2.39 bits per heavy atom. The third-order valence-corrected chi connectivity index (χ3v) is 4.20. The summed E-state index contributed by atoms with van der Waals surface area (Å²) in [6, 6.07) is 0. The molecule has 0 radical (unpaired) electrons. The van der Waals surface area contributed by atoms with E-state index in [0.29, 0.717) is 15.9 Å². The van der Waals surface area contributed by atoms with Gasteiger partial charge in [0.1, 0.15) is 10.7 Å². The number of hydrogen-bond acceptors (Lipinski definition) is 6. The molecule has 0 amide bonds. The molecule has 3 aromatic heterocycles. The van der Waals surface area contributed by atoms with E-state index < -0.39 is 0 Å². The molecule has 18 heavy (non-hydrogen) atoms. The van der Waals surface area contributed by atoms with Crippen LogP contribution in [0.5, 0.6) is 0 Å². The van der Waals surface area contributed by atoms with Gasteiger partial charge in [-0.3, -0.25) is 13.8 Å². The zero-order chi connectivity index (χ0) is 12.7. The van der Waals surface area contributed by atoms with Gasteiger partial charge in [-0.1, -0.05) is 0 Å². The van der Waals surface area contributed by atoms with Crippen LogP contribution in [0.2, 0.25) is 0 Å². The molecule has 0 unspecified atom stereocenters. The fraction of sp³-hybridized carbons (Fsp3) is 0.111. The molecule has 0 atom stereocenters. The smallest absolute Gasteiger partial charge is 0.296 e. The molecule has 0 aliphatic rings. The van der Waals surface area contributed by atoms with E-state index in [1.54, 1.807) is 17.6 Å². The second-order valence-electron chi connectivity index (χ2n) is 3.45. The van der Waals surface area contributed by atoms with Crippen LogP contribution in [0.4, 0.5) is 0 Å². The Hall–Kier alpha value is -1.87. The van der Waals surface area contributed by atoms with Gasteiger partial charge in [0.15, 0.2) is 16.4 Å². The molecule has 0 bridgehead atoms. The second kappa shape index (κ2) is 4.10. The number of hydrogen-bond donors (Lipinski definition) is 1. The van der Waals surface area contributed by atoms with Crippen LogP contribution in [0.25, 0.3) is 4.96 Å². The number of H-pyrrole nitrogens is 1. The molecule has 9 heteroatoms. The third-order valence-electron chi connectivity index (χ3n) is 2.40. The molecule has 3 heterocycles. The third kappa shape index (κ3) is 1.59. The fourth-order valence-electron chi connectivity index (χ4n) is 1.48. The minimum absolute atomic E-state index is 0.300. The largest absolute Gasteiger partial charge is 0.343 e. The van der Waals surface area contributed by atoms with Crippen LogP contribution in [-0.4, -0.2) is 30.4 Å². The minimum atomic E-state index is -0.300. The van der Waals surface area contributed by atoms with Crippen molar-refractivity contribution in [3.05, 3.63) is 27.8 Å². The maximum Gasteiger partial charge on any atom is 0.343 e. The number of aromatic amines is 1. The maximum absolute atomic E-state index is 11.2. The first-order chi connectivity index (χ1) is 8.70. The Morgan fingerprint density at radius 3 is 3.06 bits per heavy atom. The van der Waals surface area contributed by atoms with Gasteiger partial charge in [0.05, 0.1) is 0 Å². The fourth-order valence-corrected chi connectivity index (χ4v) is 3.12. The van der Waals surface area contributed by atoms with Crippen LogP contribution in [0.15, 0.2) is 26.6 Å². The van der Waals surface area contributed by atoms with Gasteiger partial charge in [-0.25, -0.2) is 14.9 Å². The predicted octanol–water partition coefficient (Wildman–Crippen LogP) is 0.781. The van der Waals surface area contributed by atoms with E-state index in [0.717, 1.165) is 11.2 Å². The van der Waals surface area contributed by atoms with E-state index in [1.165, 1.54) is 27.7 Å². The lowest BCUT2D eigenvalue weighted by Crippen LogP contribution is -2.12. The van der Waals surface area contributed by atoms with Crippen molar-refractivity contribution in [2.24, 2.45) is 7.05 Å². The average Bonchev–Trinajstić information content (AvgIpc) is 2.99. The molecule has 0 saturated heterocycles. The first-order valence-electron chi connectivity index (χ1n) is 4.90. The highest BCUT2D eigenvalue weighted by molar-refractivity contribution is 7.99. The van der Waals surface area contributed by atoms with Crippen molar-refractivity contribution in [3.63, 3.8) is 0 Å². The Bertz CT molecular complexity index is 780. The lowest BCUT2D eigenvalue weighted by atomic mass is 10.5. The molecule has 0 saturated carbocycles. The van der Waals surface area contributed by atoms with Gasteiger partial charge in [0.2, 0.25) is 0 Å². The molecule has 1 N–H and O–H groups in total. The SMILES string of the molecule is Cn1c(Sc2nc3sccn3c2C=O)n[nH]c1=O. The second-order valence-corrected chi connectivity index (χ2v) is 5.28. The Labute approximate surface area is 108 Å². The van der Waals surface area contributed by atoms with Gasteiger partial charge in [-0.2, -0.15) is 0 Å². The lowest BCUT2D eigenvalue weighted by molar-refractivity contribution is 0.111. The van der Waals surface area contributed by atoms with Crippen molar-refractivity contribution in [2.75, 3.05) is 0 Å². The standard InChI is InChI=1S/C9H7N5O2S2/c1-13-7(16)11-12-9(13)18-6-5(4-15)14-2-3-17-8(14)10-6/h2-4H,1H3,(H,11,16). The average molecular weight is 281 g/mol. The van der Waals surface area contributed by atoms with E-state index >= 15 is 0 Å². The summed E-state index contributed by atoms with van der Waals surface area (Å²) >= 11 is 2.62. The molecule has 92 valence electrons. The van der Waals surface area contributed by atoms with Crippen molar-refractivity contribution in [1.82, 2.24) is 24.1 Å². The monoisotopic (exact) mass is 281 g/mol. The summed E-state index contributed by atoms with van der Waals surface area (Å²) in [4.78, 5) is 27.4. The summed E-state index contributed by atoms with van der Waals surface area (Å²) in [5.74, 6) is 0. The summed E-state index contributed by atoms with van der Waals surface area (Å²) in [6.07, 6.45) is 2.53. The zero-order valence-corrected chi connectivity index (χ0v) is 10.8. The molecule has 0 aliphatic carbocycles. The van der Waals surface area contributed by atoms with Gasteiger partial charge >= 0.3 is 5.69 Å². The number of thiazole rings is 1.